The maximum atomic E-state index is 12.0. The Labute approximate surface area is 121 Å². The third-order valence-corrected chi connectivity index (χ3v) is 3.91. The van der Waals surface area contributed by atoms with Crippen LogP contribution in [0.3, 0.4) is 0 Å². The molecule has 20 heavy (non-hydrogen) atoms. The first-order chi connectivity index (χ1) is 9.58. The SMILES string of the molecule is CCOC(=O)c1sc(NC2CC2)c(C(=O)OCC)c1N. The maximum absolute atomic E-state index is 12.0. The molecule has 0 aliphatic heterocycles. The highest BCUT2D eigenvalue weighted by Gasteiger charge is 2.30. The summed E-state index contributed by atoms with van der Waals surface area (Å²) in [4.78, 5) is 24.1. The predicted octanol–water partition coefficient (Wildman–Crippen LogP) is 2.26. The number of ether oxygens (including phenoxy) is 2. The quantitative estimate of drug-likeness (QED) is 0.783. The van der Waals surface area contributed by atoms with Crippen molar-refractivity contribution in [3.05, 3.63) is 10.4 Å². The third kappa shape index (κ3) is 3.04. The zero-order valence-electron chi connectivity index (χ0n) is 11.5. The van der Waals surface area contributed by atoms with E-state index in [-0.39, 0.29) is 29.3 Å². The van der Waals surface area contributed by atoms with Crippen LogP contribution in [0.5, 0.6) is 0 Å². The van der Waals surface area contributed by atoms with Crippen LogP contribution in [0.4, 0.5) is 10.7 Å². The molecule has 1 heterocycles. The lowest BCUT2D eigenvalue weighted by Gasteiger charge is -2.06. The normalized spacial score (nSPS) is 13.9. The second kappa shape index (κ2) is 6.13. The minimum atomic E-state index is -0.514. The Kier molecular flexibility index (Phi) is 4.49. The molecule has 1 fully saturated rings. The van der Waals surface area contributed by atoms with Crippen LogP contribution >= 0.6 is 11.3 Å². The molecule has 0 bridgehead atoms. The van der Waals surface area contributed by atoms with E-state index in [0.29, 0.717) is 11.0 Å². The summed E-state index contributed by atoms with van der Waals surface area (Å²) in [7, 11) is 0. The van der Waals surface area contributed by atoms with Crippen molar-refractivity contribution in [3.63, 3.8) is 0 Å². The number of esters is 2. The summed E-state index contributed by atoms with van der Waals surface area (Å²) >= 11 is 1.15. The fourth-order valence-electron chi connectivity index (χ4n) is 1.71. The topological polar surface area (TPSA) is 90.6 Å². The van der Waals surface area contributed by atoms with Gasteiger partial charge in [-0.2, -0.15) is 0 Å². The van der Waals surface area contributed by atoms with Gasteiger partial charge >= 0.3 is 11.9 Å². The first-order valence-corrected chi connectivity index (χ1v) is 7.43. The minimum absolute atomic E-state index is 0.134. The first-order valence-electron chi connectivity index (χ1n) is 6.61. The molecular weight excluding hydrogens is 280 g/mol. The van der Waals surface area contributed by atoms with Gasteiger partial charge in [0.05, 0.1) is 18.9 Å². The van der Waals surface area contributed by atoms with Crippen molar-refractivity contribution in [2.45, 2.75) is 32.7 Å². The molecule has 3 N–H and O–H groups in total. The molecular formula is C13H18N2O4S. The number of rotatable bonds is 6. The van der Waals surface area contributed by atoms with Gasteiger partial charge in [-0.25, -0.2) is 9.59 Å². The largest absolute Gasteiger partial charge is 0.462 e. The Morgan fingerprint density at radius 2 is 1.85 bits per heavy atom. The summed E-state index contributed by atoms with van der Waals surface area (Å²) in [5, 5.41) is 3.80. The molecule has 1 aromatic heterocycles. The summed E-state index contributed by atoms with van der Waals surface area (Å²) in [5.74, 6) is -1.02. The molecule has 0 radical (unpaired) electrons. The molecule has 1 saturated carbocycles. The number of carbonyl (C=O) groups is 2. The van der Waals surface area contributed by atoms with Crippen LogP contribution in [-0.2, 0) is 9.47 Å². The highest BCUT2D eigenvalue weighted by Crippen LogP contribution is 2.39. The fraction of sp³-hybridized carbons (Fsp3) is 0.538. The van der Waals surface area contributed by atoms with Gasteiger partial charge in [-0.15, -0.1) is 11.3 Å². The second-order valence-electron chi connectivity index (χ2n) is 4.41. The van der Waals surface area contributed by atoms with E-state index in [1.807, 2.05) is 0 Å². The third-order valence-electron chi connectivity index (χ3n) is 2.80. The number of hydrogen-bond acceptors (Lipinski definition) is 7. The molecule has 7 heteroatoms. The van der Waals surface area contributed by atoms with Crippen molar-refractivity contribution in [2.24, 2.45) is 0 Å². The molecule has 2 rings (SSSR count). The molecule has 0 amide bonds. The van der Waals surface area contributed by atoms with Gasteiger partial charge in [-0.1, -0.05) is 0 Å². The number of anilines is 2. The van der Waals surface area contributed by atoms with Gasteiger partial charge in [0, 0.05) is 6.04 Å². The average molecular weight is 298 g/mol. The summed E-state index contributed by atoms with van der Waals surface area (Å²) in [6, 6.07) is 0.344. The van der Waals surface area contributed by atoms with E-state index in [9.17, 15) is 9.59 Å². The van der Waals surface area contributed by atoms with Crippen LogP contribution in [0.1, 0.15) is 46.7 Å². The zero-order valence-corrected chi connectivity index (χ0v) is 12.3. The van der Waals surface area contributed by atoms with E-state index in [1.54, 1.807) is 13.8 Å². The van der Waals surface area contributed by atoms with E-state index < -0.39 is 11.9 Å². The van der Waals surface area contributed by atoms with Crippen LogP contribution < -0.4 is 11.1 Å². The summed E-state index contributed by atoms with van der Waals surface area (Å²) < 4.78 is 9.95. The average Bonchev–Trinajstić information content (AvgIpc) is 3.13. The van der Waals surface area contributed by atoms with E-state index in [4.69, 9.17) is 15.2 Å². The molecule has 1 aliphatic carbocycles. The van der Waals surface area contributed by atoms with Crippen LogP contribution in [0.25, 0.3) is 0 Å². The Balaban J connectivity index is 2.34. The van der Waals surface area contributed by atoms with E-state index in [0.717, 1.165) is 24.2 Å². The molecule has 1 aromatic rings. The van der Waals surface area contributed by atoms with Crippen molar-refractivity contribution < 1.29 is 19.1 Å². The standard InChI is InChI=1S/C13H18N2O4S/c1-3-18-12(16)8-9(14)10(13(17)19-4-2)20-11(8)15-7-5-6-7/h7,15H,3-6,14H2,1-2H3. The van der Waals surface area contributed by atoms with Gasteiger partial charge in [-0.3, -0.25) is 0 Å². The van der Waals surface area contributed by atoms with Crippen LogP contribution in [0.15, 0.2) is 0 Å². The number of nitrogens with two attached hydrogens (primary N) is 1. The second-order valence-corrected chi connectivity index (χ2v) is 5.43. The van der Waals surface area contributed by atoms with Crippen molar-refractivity contribution in [2.75, 3.05) is 24.3 Å². The molecule has 0 unspecified atom stereocenters. The highest BCUT2D eigenvalue weighted by atomic mass is 32.1. The van der Waals surface area contributed by atoms with E-state index >= 15 is 0 Å². The van der Waals surface area contributed by atoms with Gasteiger partial charge in [0.2, 0.25) is 0 Å². The van der Waals surface area contributed by atoms with Gasteiger partial charge in [0.1, 0.15) is 15.4 Å². The van der Waals surface area contributed by atoms with E-state index in [1.165, 1.54) is 0 Å². The number of nitrogens with one attached hydrogen (secondary N) is 1. The van der Waals surface area contributed by atoms with Crippen LogP contribution in [-0.4, -0.2) is 31.2 Å². The van der Waals surface area contributed by atoms with E-state index in [2.05, 4.69) is 5.32 Å². The molecule has 6 nitrogen and oxygen atoms in total. The lowest BCUT2D eigenvalue weighted by molar-refractivity contribution is 0.0528. The lowest BCUT2D eigenvalue weighted by Crippen LogP contribution is -2.11. The molecule has 0 atom stereocenters. The van der Waals surface area contributed by atoms with Gasteiger partial charge in [0.25, 0.3) is 0 Å². The van der Waals surface area contributed by atoms with Crippen LogP contribution in [0.2, 0.25) is 0 Å². The molecule has 0 aromatic carbocycles. The van der Waals surface area contributed by atoms with Crippen LogP contribution in [0, 0.1) is 0 Å². The molecule has 110 valence electrons. The molecule has 0 spiro atoms. The Bertz CT molecular complexity index is 523. The zero-order chi connectivity index (χ0) is 14.7. The van der Waals surface area contributed by atoms with Crippen molar-refractivity contribution in [3.8, 4) is 0 Å². The van der Waals surface area contributed by atoms with Gasteiger partial charge in [-0.05, 0) is 26.7 Å². The predicted molar refractivity (Wildman–Crippen MR) is 77.3 cm³/mol. The number of nitrogen functional groups attached to an aromatic ring is 1. The monoisotopic (exact) mass is 298 g/mol. The minimum Gasteiger partial charge on any atom is -0.462 e. The number of carbonyl (C=O) groups excluding carboxylic acids is 2. The number of thiophene rings is 1. The Morgan fingerprint density at radius 1 is 1.25 bits per heavy atom. The smallest absolute Gasteiger partial charge is 0.350 e. The number of hydrogen-bond donors (Lipinski definition) is 2. The van der Waals surface area contributed by atoms with Crippen molar-refractivity contribution in [1.29, 1.82) is 0 Å². The van der Waals surface area contributed by atoms with Crippen molar-refractivity contribution in [1.82, 2.24) is 0 Å². The Morgan fingerprint density at radius 3 is 2.40 bits per heavy atom. The fourth-order valence-corrected chi connectivity index (χ4v) is 2.79. The first kappa shape index (κ1) is 14.6. The molecule has 1 aliphatic rings. The Hall–Kier alpha value is -1.76. The molecule has 0 saturated heterocycles. The lowest BCUT2D eigenvalue weighted by atomic mass is 10.2. The summed E-state index contributed by atoms with van der Waals surface area (Å²) in [6.07, 6.45) is 2.10. The summed E-state index contributed by atoms with van der Waals surface area (Å²) in [6.45, 7) is 3.96. The van der Waals surface area contributed by atoms with Gasteiger partial charge in [0.15, 0.2) is 0 Å². The summed E-state index contributed by atoms with van der Waals surface area (Å²) in [5.41, 5.74) is 6.31. The van der Waals surface area contributed by atoms with Crippen molar-refractivity contribution >= 4 is 34.0 Å². The maximum Gasteiger partial charge on any atom is 0.350 e. The van der Waals surface area contributed by atoms with Gasteiger partial charge < -0.3 is 20.5 Å². The highest BCUT2D eigenvalue weighted by molar-refractivity contribution is 7.19.